The highest BCUT2D eigenvalue weighted by molar-refractivity contribution is 5.83. The summed E-state index contributed by atoms with van der Waals surface area (Å²) in [5, 5.41) is 13.0. The Kier molecular flexibility index (Phi) is 4.04. The number of methoxy groups -OCH3 is 2. The first-order chi connectivity index (χ1) is 12.4. The van der Waals surface area contributed by atoms with Crippen LogP contribution in [0.15, 0.2) is 12.1 Å². The Balaban J connectivity index is 1.50. The molecule has 4 fully saturated rings. The van der Waals surface area contributed by atoms with E-state index in [1.165, 1.54) is 14.2 Å². The minimum atomic E-state index is -1.15. The van der Waals surface area contributed by atoms with E-state index in [0.29, 0.717) is 49.1 Å². The Morgan fingerprint density at radius 2 is 1.77 bits per heavy atom. The topological polar surface area (TPSA) is 67.8 Å². The van der Waals surface area contributed by atoms with Gasteiger partial charge in [-0.05, 0) is 68.1 Å². The van der Waals surface area contributed by atoms with E-state index in [9.17, 15) is 9.90 Å². The Bertz CT molecular complexity index is 696. The van der Waals surface area contributed by atoms with E-state index in [-0.39, 0.29) is 11.7 Å². The highest BCUT2D eigenvalue weighted by Gasteiger charge is 2.61. The molecular formula is C20H26FNO4. The summed E-state index contributed by atoms with van der Waals surface area (Å²) in [5.74, 6) is 1.18. The third-order valence-electron chi connectivity index (χ3n) is 6.46. The van der Waals surface area contributed by atoms with Crippen molar-refractivity contribution in [2.75, 3.05) is 14.2 Å². The average molecular weight is 363 g/mol. The van der Waals surface area contributed by atoms with Crippen LogP contribution in [0.5, 0.6) is 17.2 Å². The van der Waals surface area contributed by atoms with Gasteiger partial charge in [-0.15, -0.1) is 0 Å². The van der Waals surface area contributed by atoms with Crippen molar-refractivity contribution in [1.29, 1.82) is 0 Å². The number of alkyl halides is 1. The number of hydrogen-bond donors (Lipinski definition) is 2. The summed E-state index contributed by atoms with van der Waals surface area (Å²) >= 11 is 0. The second kappa shape index (κ2) is 6.03. The molecule has 0 spiro atoms. The van der Waals surface area contributed by atoms with Crippen LogP contribution in [0.3, 0.4) is 0 Å². The predicted molar refractivity (Wildman–Crippen MR) is 94.0 cm³/mol. The summed E-state index contributed by atoms with van der Waals surface area (Å²) in [7, 11) is 2.93. The first kappa shape index (κ1) is 17.4. The van der Waals surface area contributed by atoms with Crippen molar-refractivity contribution < 1.29 is 23.8 Å². The van der Waals surface area contributed by atoms with Crippen molar-refractivity contribution in [3.05, 3.63) is 17.7 Å². The fourth-order valence-electron chi connectivity index (χ4n) is 5.84. The highest BCUT2D eigenvalue weighted by atomic mass is 19.1. The van der Waals surface area contributed by atoms with Crippen molar-refractivity contribution in [1.82, 2.24) is 5.32 Å². The summed E-state index contributed by atoms with van der Waals surface area (Å²) in [4.78, 5) is 13.0. The van der Waals surface area contributed by atoms with Gasteiger partial charge in [0.2, 0.25) is 11.7 Å². The van der Waals surface area contributed by atoms with E-state index in [2.05, 4.69) is 5.32 Å². The molecule has 4 aliphatic rings. The number of phenolic OH excluding ortho intramolecular Hbond substituents is 1. The van der Waals surface area contributed by atoms with Gasteiger partial charge in [0.15, 0.2) is 11.5 Å². The van der Waals surface area contributed by atoms with Crippen LogP contribution >= 0.6 is 0 Å². The molecule has 26 heavy (non-hydrogen) atoms. The molecule has 4 saturated carbocycles. The van der Waals surface area contributed by atoms with Crippen LogP contribution in [0, 0.1) is 17.3 Å². The zero-order chi connectivity index (χ0) is 18.5. The third-order valence-corrected chi connectivity index (χ3v) is 6.46. The fourth-order valence-corrected chi connectivity index (χ4v) is 5.84. The van der Waals surface area contributed by atoms with Crippen LogP contribution < -0.4 is 14.8 Å². The van der Waals surface area contributed by atoms with Crippen LogP contribution in [-0.4, -0.2) is 30.9 Å². The molecular weight excluding hydrogens is 337 g/mol. The molecule has 1 amide bonds. The molecule has 0 heterocycles. The minimum absolute atomic E-state index is 0.0420. The molecule has 0 saturated heterocycles. The SMILES string of the molecule is COc1cc(CNC(=O)C23CC4CC(CC(F)(C4)C2)C3)cc(OC)c1O. The van der Waals surface area contributed by atoms with Gasteiger partial charge in [0, 0.05) is 6.54 Å². The predicted octanol–water partition coefficient (Wildman–Crippen LogP) is 3.33. The molecule has 4 aliphatic carbocycles. The van der Waals surface area contributed by atoms with E-state index in [1.54, 1.807) is 12.1 Å². The van der Waals surface area contributed by atoms with Gasteiger partial charge in [-0.1, -0.05) is 0 Å². The van der Waals surface area contributed by atoms with Crippen molar-refractivity contribution in [3.8, 4) is 17.2 Å². The molecule has 1 aromatic carbocycles. The number of carbonyl (C=O) groups excluding carboxylic acids is 1. The summed E-state index contributed by atoms with van der Waals surface area (Å²) in [6.07, 6.45) is 4.32. The number of carbonyl (C=O) groups is 1. The van der Waals surface area contributed by atoms with Gasteiger partial charge < -0.3 is 19.9 Å². The number of amides is 1. The van der Waals surface area contributed by atoms with Crippen molar-refractivity contribution in [2.45, 2.75) is 50.7 Å². The zero-order valence-electron chi connectivity index (χ0n) is 15.3. The van der Waals surface area contributed by atoms with Gasteiger partial charge in [0.25, 0.3) is 0 Å². The molecule has 0 aromatic heterocycles. The normalized spacial score (nSPS) is 34.6. The number of ether oxygens (including phenoxy) is 2. The molecule has 0 aliphatic heterocycles. The van der Waals surface area contributed by atoms with Crippen LogP contribution in [0.25, 0.3) is 0 Å². The number of aromatic hydroxyl groups is 1. The Morgan fingerprint density at radius 1 is 1.19 bits per heavy atom. The minimum Gasteiger partial charge on any atom is -0.502 e. The Morgan fingerprint density at radius 3 is 2.27 bits per heavy atom. The maximum absolute atomic E-state index is 15.1. The highest BCUT2D eigenvalue weighted by Crippen LogP contribution is 2.63. The molecule has 2 N–H and O–H groups in total. The molecule has 5 nitrogen and oxygen atoms in total. The smallest absolute Gasteiger partial charge is 0.226 e. The van der Waals surface area contributed by atoms with E-state index in [0.717, 1.165) is 24.8 Å². The lowest BCUT2D eigenvalue weighted by molar-refractivity contribution is -0.160. The first-order valence-electron chi connectivity index (χ1n) is 9.27. The standard InChI is InChI=1S/C20H26FNO4/c1-25-15-4-12(5-16(26-2)17(15)23)10-22-18(24)19-6-13-3-14(7-19)9-20(21,8-13)11-19/h4-5,13-14,23H,3,6-11H2,1-2H3,(H,22,24). The van der Waals surface area contributed by atoms with Crippen LogP contribution in [0.4, 0.5) is 4.39 Å². The second-order valence-corrected chi connectivity index (χ2v) is 8.42. The van der Waals surface area contributed by atoms with Gasteiger partial charge in [-0.3, -0.25) is 4.79 Å². The molecule has 4 bridgehead atoms. The number of halogens is 1. The molecule has 1 aromatic rings. The van der Waals surface area contributed by atoms with Gasteiger partial charge in [0.05, 0.1) is 19.6 Å². The largest absolute Gasteiger partial charge is 0.502 e. The number of phenols is 1. The fraction of sp³-hybridized carbons (Fsp3) is 0.650. The van der Waals surface area contributed by atoms with Gasteiger partial charge in [0.1, 0.15) is 5.67 Å². The molecule has 2 atom stereocenters. The van der Waals surface area contributed by atoms with Crippen molar-refractivity contribution in [2.24, 2.45) is 17.3 Å². The average Bonchev–Trinajstić information content (AvgIpc) is 2.58. The zero-order valence-corrected chi connectivity index (χ0v) is 15.3. The molecule has 5 rings (SSSR count). The van der Waals surface area contributed by atoms with Gasteiger partial charge in [-0.25, -0.2) is 4.39 Å². The van der Waals surface area contributed by atoms with E-state index in [4.69, 9.17) is 9.47 Å². The number of hydrogen-bond acceptors (Lipinski definition) is 4. The summed E-state index contributed by atoms with van der Waals surface area (Å²) in [6.45, 7) is 0.294. The van der Waals surface area contributed by atoms with Gasteiger partial charge in [-0.2, -0.15) is 0 Å². The quantitative estimate of drug-likeness (QED) is 0.842. The molecule has 6 heteroatoms. The monoisotopic (exact) mass is 363 g/mol. The lowest BCUT2D eigenvalue weighted by Gasteiger charge is -2.58. The van der Waals surface area contributed by atoms with E-state index < -0.39 is 11.1 Å². The third kappa shape index (κ3) is 2.79. The first-order valence-corrected chi connectivity index (χ1v) is 9.27. The maximum atomic E-state index is 15.1. The lowest BCUT2D eigenvalue weighted by atomic mass is 9.48. The summed E-state index contributed by atoms with van der Waals surface area (Å²) in [5.41, 5.74) is -0.930. The van der Waals surface area contributed by atoms with E-state index >= 15 is 4.39 Å². The van der Waals surface area contributed by atoms with Crippen molar-refractivity contribution in [3.63, 3.8) is 0 Å². The number of nitrogens with one attached hydrogen (secondary N) is 1. The van der Waals surface area contributed by atoms with Crippen LogP contribution in [0.2, 0.25) is 0 Å². The maximum Gasteiger partial charge on any atom is 0.226 e. The molecule has 2 unspecified atom stereocenters. The van der Waals surface area contributed by atoms with Crippen LogP contribution in [-0.2, 0) is 11.3 Å². The Hall–Kier alpha value is -1.98. The van der Waals surface area contributed by atoms with Crippen LogP contribution in [0.1, 0.15) is 44.1 Å². The second-order valence-electron chi connectivity index (χ2n) is 8.42. The van der Waals surface area contributed by atoms with Gasteiger partial charge >= 0.3 is 0 Å². The van der Waals surface area contributed by atoms with Crippen molar-refractivity contribution >= 4 is 5.91 Å². The summed E-state index contributed by atoms with van der Waals surface area (Å²) < 4.78 is 25.4. The number of benzene rings is 1. The lowest BCUT2D eigenvalue weighted by Crippen LogP contribution is -2.58. The Labute approximate surface area is 152 Å². The molecule has 0 radical (unpaired) electrons. The molecule has 142 valence electrons. The summed E-state index contributed by atoms with van der Waals surface area (Å²) in [6, 6.07) is 3.35. The van der Waals surface area contributed by atoms with E-state index in [1.807, 2.05) is 0 Å². The number of rotatable bonds is 5.